The topological polar surface area (TPSA) is 88.1 Å². The average molecular weight is 468 g/mol. The molecule has 0 saturated carbocycles. The van der Waals surface area contributed by atoms with Gasteiger partial charge in [-0.1, -0.05) is 25.1 Å². The van der Waals surface area contributed by atoms with Crippen molar-refractivity contribution in [3.63, 3.8) is 0 Å². The number of sulfonamides is 1. The van der Waals surface area contributed by atoms with E-state index >= 15 is 0 Å². The fraction of sp³-hybridized carbons (Fsp3) is 0.300. The summed E-state index contributed by atoms with van der Waals surface area (Å²) in [6.45, 7) is -0.821. The summed E-state index contributed by atoms with van der Waals surface area (Å²) in [7, 11) is -3.46. The largest absolute Gasteiger partial charge is 0.434 e. The molecular weight excluding hydrogens is 448 g/mol. The summed E-state index contributed by atoms with van der Waals surface area (Å²) in [4.78, 5) is 15.4. The van der Waals surface area contributed by atoms with E-state index in [4.69, 9.17) is 0 Å². The first-order chi connectivity index (χ1) is 14.8. The number of amides is 1. The summed E-state index contributed by atoms with van der Waals surface area (Å²) in [5, 5.41) is 3.25. The van der Waals surface area contributed by atoms with Gasteiger partial charge in [0.25, 0.3) is 15.9 Å². The van der Waals surface area contributed by atoms with Crippen LogP contribution in [0.5, 0.6) is 5.75 Å². The normalized spacial score (nSPS) is 17.5. The molecule has 0 saturated heterocycles. The van der Waals surface area contributed by atoms with Crippen molar-refractivity contribution in [1.29, 1.82) is 0 Å². The summed E-state index contributed by atoms with van der Waals surface area (Å²) < 4.78 is 57.4. The van der Waals surface area contributed by atoms with Crippen LogP contribution < -0.4 is 15.0 Å². The SMILES string of the molecule is CCC(NC(=O)c1ccc2c(c1)SC1=NS(=O)(=O)CCN12)c1ccccc1OC(F)F. The second-order valence-corrected chi connectivity index (χ2v) is 9.71. The molecule has 0 bridgehead atoms. The van der Waals surface area contributed by atoms with Crippen molar-refractivity contribution in [2.75, 3.05) is 17.2 Å². The Morgan fingerprint density at radius 3 is 2.81 bits per heavy atom. The van der Waals surface area contributed by atoms with E-state index in [-0.39, 0.29) is 17.4 Å². The van der Waals surface area contributed by atoms with E-state index < -0.39 is 22.7 Å². The van der Waals surface area contributed by atoms with Gasteiger partial charge in [-0.3, -0.25) is 4.79 Å². The number of anilines is 1. The highest BCUT2D eigenvalue weighted by Crippen LogP contribution is 2.42. The number of fused-ring (bicyclic) bond motifs is 3. The number of carbonyl (C=O) groups excluding carboxylic acids is 1. The number of ether oxygens (including phenoxy) is 1. The second-order valence-electron chi connectivity index (χ2n) is 6.95. The third-order valence-electron chi connectivity index (χ3n) is 4.96. The van der Waals surface area contributed by atoms with E-state index in [2.05, 4.69) is 14.5 Å². The number of hydrogen-bond donors (Lipinski definition) is 1. The first kappa shape index (κ1) is 21.6. The zero-order valence-electron chi connectivity index (χ0n) is 16.4. The molecule has 164 valence electrons. The van der Waals surface area contributed by atoms with Crippen LogP contribution in [0.25, 0.3) is 0 Å². The summed E-state index contributed by atoms with van der Waals surface area (Å²) in [5.41, 5.74) is 1.64. The maximum Gasteiger partial charge on any atom is 0.387 e. The monoisotopic (exact) mass is 467 g/mol. The Morgan fingerprint density at radius 1 is 1.29 bits per heavy atom. The molecule has 0 aromatic heterocycles. The number of nitrogens with one attached hydrogen (secondary N) is 1. The van der Waals surface area contributed by atoms with Crippen LogP contribution in [0.4, 0.5) is 14.5 Å². The molecule has 1 atom stereocenters. The first-order valence-corrected chi connectivity index (χ1v) is 12.0. The lowest BCUT2D eigenvalue weighted by Crippen LogP contribution is -2.35. The Hall–Kier alpha value is -2.66. The number of benzene rings is 2. The molecule has 2 aromatic rings. The van der Waals surface area contributed by atoms with Crippen molar-refractivity contribution in [3.05, 3.63) is 53.6 Å². The molecule has 2 aliphatic heterocycles. The molecule has 0 spiro atoms. The molecule has 1 unspecified atom stereocenters. The fourth-order valence-corrected chi connectivity index (χ4v) is 5.78. The highest BCUT2D eigenvalue weighted by Gasteiger charge is 2.33. The summed E-state index contributed by atoms with van der Waals surface area (Å²) >= 11 is 1.20. The smallest absolute Gasteiger partial charge is 0.387 e. The van der Waals surface area contributed by atoms with E-state index in [0.29, 0.717) is 29.3 Å². The lowest BCUT2D eigenvalue weighted by Gasteiger charge is -2.22. The quantitative estimate of drug-likeness (QED) is 0.696. The van der Waals surface area contributed by atoms with Crippen LogP contribution in [0, 0.1) is 0 Å². The minimum absolute atomic E-state index is 0.0188. The molecule has 2 heterocycles. The molecule has 0 fully saturated rings. The first-order valence-electron chi connectivity index (χ1n) is 9.54. The minimum atomic E-state index is -3.46. The number of carbonyl (C=O) groups is 1. The highest BCUT2D eigenvalue weighted by molar-refractivity contribution is 8.15. The Balaban J connectivity index is 1.55. The predicted octanol–water partition coefficient (Wildman–Crippen LogP) is 3.78. The Kier molecular flexibility index (Phi) is 5.89. The van der Waals surface area contributed by atoms with E-state index in [1.165, 1.54) is 17.8 Å². The third-order valence-corrected chi connectivity index (χ3v) is 7.27. The van der Waals surface area contributed by atoms with Crippen molar-refractivity contribution < 1.29 is 26.7 Å². The molecule has 7 nitrogen and oxygen atoms in total. The van der Waals surface area contributed by atoms with E-state index in [1.807, 2.05) is 11.8 Å². The van der Waals surface area contributed by atoms with E-state index in [9.17, 15) is 22.0 Å². The molecule has 1 N–H and O–H groups in total. The van der Waals surface area contributed by atoms with E-state index in [0.717, 1.165) is 10.6 Å². The molecule has 0 aliphatic carbocycles. The molecule has 1 amide bonds. The molecule has 31 heavy (non-hydrogen) atoms. The fourth-order valence-electron chi connectivity index (χ4n) is 3.48. The number of amidine groups is 1. The Labute approximate surface area is 182 Å². The maximum absolute atomic E-state index is 12.9. The summed E-state index contributed by atoms with van der Waals surface area (Å²) in [6.07, 6.45) is 0.470. The Bertz CT molecular complexity index is 1150. The van der Waals surface area contributed by atoms with Crippen molar-refractivity contribution >= 4 is 38.5 Å². The van der Waals surface area contributed by atoms with Crippen molar-refractivity contribution in [3.8, 4) is 5.75 Å². The van der Waals surface area contributed by atoms with Crippen molar-refractivity contribution in [1.82, 2.24) is 5.32 Å². The van der Waals surface area contributed by atoms with Crippen LogP contribution in [0.2, 0.25) is 0 Å². The van der Waals surface area contributed by atoms with Gasteiger partial charge >= 0.3 is 6.61 Å². The number of rotatable bonds is 6. The number of halogens is 2. The van der Waals surface area contributed by atoms with Gasteiger partial charge in [0, 0.05) is 22.6 Å². The van der Waals surface area contributed by atoms with Crippen LogP contribution in [0.3, 0.4) is 0 Å². The van der Waals surface area contributed by atoms with Gasteiger partial charge in [0.1, 0.15) is 5.75 Å². The molecule has 2 aromatic carbocycles. The second kappa shape index (κ2) is 8.46. The van der Waals surface area contributed by atoms with Gasteiger partial charge in [0.2, 0.25) is 0 Å². The number of para-hydroxylation sites is 1. The van der Waals surface area contributed by atoms with Crippen LogP contribution in [0.1, 0.15) is 35.3 Å². The van der Waals surface area contributed by atoms with Gasteiger partial charge in [-0.05, 0) is 42.4 Å². The number of hydrogen-bond acceptors (Lipinski definition) is 6. The molecule has 2 aliphatic rings. The van der Waals surface area contributed by atoms with Gasteiger partial charge in [-0.15, -0.1) is 4.40 Å². The number of alkyl halides is 2. The molecular formula is C20H19F2N3O4S2. The lowest BCUT2D eigenvalue weighted by molar-refractivity contribution is -0.0506. The number of thioether (sulfide) groups is 1. The predicted molar refractivity (Wildman–Crippen MR) is 114 cm³/mol. The van der Waals surface area contributed by atoms with Gasteiger partial charge in [0.05, 0.1) is 17.5 Å². The van der Waals surface area contributed by atoms with Gasteiger partial charge in [0.15, 0.2) is 5.17 Å². The lowest BCUT2D eigenvalue weighted by atomic mass is 10.0. The van der Waals surface area contributed by atoms with Crippen molar-refractivity contribution in [2.45, 2.75) is 30.9 Å². The zero-order valence-corrected chi connectivity index (χ0v) is 18.1. The van der Waals surface area contributed by atoms with E-state index in [1.54, 1.807) is 36.4 Å². The summed E-state index contributed by atoms with van der Waals surface area (Å²) in [6, 6.07) is 10.9. The highest BCUT2D eigenvalue weighted by atomic mass is 32.2. The zero-order chi connectivity index (χ0) is 22.2. The minimum Gasteiger partial charge on any atom is -0.434 e. The third kappa shape index (κ3) is 4.52. The molecule has 0 radical (unpaired) electrons. The van der Waals surface area contributed by atoms with Crippen LogP contribution in [-0.2, 0) is 10.0 Å². The maximum atomic E-state index is 12.9. The molecule has 4 rings (SSSR count). The number of nitrogens with zero attached hydrogens (tertiary/aromatic N) is 2. The van der Waals surface area contributed by atoms with Crippen LogP contribution in [-0.4, -0.2) is 38.4 Å². The van der Waals surface area contributed by atoms with Crippen LogP contribution in [0.15, 0.2) is 51.8 Å². The average Bonchev–Trinajstić information content (AvgIpc) is 3.07. The molecule has 11 heteroatoms. The van der Waals surface area contributed by atoms with Gasteiger partial charge < -0.3 is 15.0 Å². The summed E-state index contributed by atoms with van der Waals surface area (Å²) in [5.74, 6) is -0.413. The van der Waals surface area contributed by atoms with Crippen molar-refractivity contribution in [2.24, 2.45) is 4.40 Å². The van der Waals surface area contributed by atoms with Crippen LogP contribution >= 0.6 is 11.8 Å². The van der Waals surface area contributed by atoms with Gasteiger partial charge in [-0.25, -0.2) is 8.42 Å². The van der Waals surface area contributed by atoms with Gasteiger partial charge in [-0.2, -0.15) is 8.78 Å². The standard InChI is InChI=1S/C20H19F2N3O4S2/c1-2-14(13-5-3-4-6-16(13)29-19(21)22)23-18(26)12-7-8-15-17(11-12)30-20-24-31(27,28)10-9-25(15)20/h3-8,11,14,19H,2,9-10H2,1H3,(H,23,26). The Morgan fingerprint density at radius 2 is 2.06 bits per heavy atom.